The second-order valence-electron chi connectivity index (χ2n) is 4.27. The zero-order chi connectivity index (χ0) is 14.9. The van der Waals surface area contributed by atoms with E-state index in [1.807, 2.05) is 24.3 Å². The SMILES string of the molecule is O=[N+]([O-])c1ccc(CSP2(=S)Oc3ccccc3S2)cc1. The summed E-state index contributed by atoms with van der Waals surface area (Å²) in [6, 6.07) is 14.4. The molecule has 1 aliphatic rings. The summed E-state index contributed by atoms with van der Waals surface area (Å²) in [6.45, 7) is 0. The molecule has 1 aliphatic heterocycles. The van der Waals surface area contributed by atoms with Crippen LogP contribution in [0.5, 0.6) is 5.75 Å². The lowest BCUT2D eigenvalue weighted by Crippen LogP contribution is -1.88. The van der Waals surface area contributed by atoms with Crippen LogP contribution in [0.15, 0.2) is 53.4 Å². The zero-order valence-electron chi connectivity index (χ0n) is 10.7. The summed E-state index contributed by atoms with van der Waals surface area (Å²) in [7, 11) is 0. The van der Waals surface area contributed by atoms with Crippen LogP contribution in [-0.2, 0) is 17.6 Å². The van der Waals surface area contributed by atoms with E-state index in [9.17, 15) is 10.1 Å². The number of nitro groups is 1. The van der Waals surface area contributed by atoms with Crippen molar-refractivity contribution in [1.29, 1.82) is 0 Å². The van der Waals surface area contributed by atoms with Gasteiger partial charge in [-0.2, -0.15) is 0 Å². The maximum atomic E-state index is 10.6. The molecule has 1 unspecified atom stereocenters. The first-order valence-corrected chi connectivity index (χ1v) is 11.8. The molecular weight excluding hydrogens is 345 g/mol. The molecule has 0 bridgehead atoms. The van der Waals surface area contributed by atoms with Gasteiger partial charge in [0.15, 0.2) is 0 Å². The molecule has 1 atom stereocenters. The van der Waals surface area contributed by atoms with E-state index in [1.165, 1.54) is 12.1 Å². The van der Waals surface area contributed by atoms with E-state index in [0.717, 1.165) is 16.2 Å². The predicted molar refractivity (Wildman–Crippen MR) is 91.6 cm³/mol. The minimum Gasteiger partial charge on any atom is -0.447 e. The van der Waals surface area contributed by atoms with Gasteiger partial charge in [-0.05, 0) is 40.9 Å². The Morgan fingerprint density at radius 1 is 1.24 bits per heavy atom. The quantitative estimate of drug-likeness (QED) is 0.425. The number of benzene rings is 2. The van der Waals surface area contributed by atoms with Gasteiger partial charge in [-0.15, -0.1) is 0 Å². The van der Waals surface area contributed by atoms with Crippen molar-refractivity contribution in [2.24, 2.45) is 0 Å². The Bertz CT molecular complexity index is 707. The average molecular weight is 355 g/mol. The molecule has 0 spiro atoms. The summed E-state index contributed by atoms with van der Waals surface area (Å²) in [5.41, 5.74) is 1.11. The second-order valence-corrected chi connectivity index (χ2v) is 14.6. The Morgan fingerprint density at radius 3 is 2.62 bits per heavy atom. The third kappa shape index (κ3) is 3.43. The molecule has 4 nitrogen and oxygen atoms in total. The number of hydrogen-bond acceptors (Lipinski definition) is 6. The van der Waals surface area contributed by atoms with Crippen LogP contribution in [0.3, 0.4) is 0 Å². The summed E-state index contributed by atoms with van der Waals surface area (Å²) >= 11 is 8.88. The van der Waals surface area contributed by atoms with Crippen molar-refractivity contribution < 1.29 is 9.45 Å². The summed E-state index contributed by atoms with van der Waals surface area (Å²) < 4.78 is 3.91. The third-order valence-corrected chi connectivity index (χ3v) is 11.3. The molecular formula is C13H10NO3PS3. The molecule has 0 aromatic heterocycles. The van der Waals surface area contributed by atoms with Gasteiger partial charge in [0.2, 0.25) is 4.67 Å². The number of rotatable bonds is 4. The van der Waals surface area contributed by atoms with E-state index >= 15 is 0 Å². The largest absolute Gasteiger partial charge is 0.447 e. The summed E-state index contributed by atoms with van der Waals surface area (Å²) in [5, 5.41) is 10.6. The Morgan fingerprint density at radius 2 is 1.95 bits per heavy atom. The number of nitrogens with zero attached hydrogens (tertiary/aromatic N) is 1. The van der Waals surface area contributed by atoms with Gasteiger partial charge in [0.05, 0.1) is 9.82 Å². The molecule has 1 heterocycles. The highest BCUT2D eigenvalue weighted by atomic mass is 33.2. The van der Waals surface area contributed by atoms with Crippen molar-refractivity contribution in [2.75, 3.05) is 0 Å². The minimum atomic E-state index is -2.02. The first-order chi connectivity index (χ1) is 10.1. The molecule has 0 saturated carbocycles. The molecule has 0 N–H and O–H groups in total. The molecule has 8 heteroatoms. The van der Waals surface area contributed by atoms with E-state index in [-0.39, 0.29) is 5.69 Å². The lowest BCUT2D eigenvalue weighted by molar-refractivity contribution is -0.384. The van der Waals surface area contributed by atoms with Crippen LogP contribution in [0, 0.1) is 10.1 Å². The highest BCUT2D eigenvalue weighted by Gasteiger charge is 2.31. The van der Waals surface area contributed by atoms with Crippen molar-refractivity contribution in [1.82, 2.24) is 0 Å². The van der Waals surface area contributed by atoms with Crippen molar-refractivity contribution >= 4 is 44.9 Å². The normalized spacial score (nSPS) is 19.8. The molecule has 108 valence electrons. The maximum absolute atomic E-state index is 10.6. The summed E-state index contributed by atoms with van der Waals surface area (Å²) in [5.74, 6) is 1.55. The van der Waals surface area contributed by atoms with Gasteiger partial charge >= 0.3 is 0 Å². The van der Waals surface area contributed by atoms with Crippen LogP contribution >= 0.6 is 27.4 Å². The summed E-state index contributed by atoms with van der Waals surface area (Å²) in [4.78, 5) is 11.3. The Kier molecular flexibility index (Phi) is 4.26. The molecule has 2 aromatic carbocycles. The second kappa shape index (κ2) is 6.01. The first kappa shape index (κ1) is 14.9. The monoisotopic (exact) mass is 355 g/mol. The summed E-state index contributed by atoms with van der Waals surface area (Å²) in [6.07, 6.45) is 0. The Hall–Kier alpha value is -1.01. The van der Waals surface area contributed by atoms with E-state index in [0.29, 0.717) is 5.75 Å². The predicted octanol–water partition coefficient (Wildman–Crippen LogP) is 5.24. The van der Waals surface area contributed by atoms with Gasteiger partial charge < -0.3 is 4.52 Å². The van der Waals surface area contributed by atoms with Crippen molar-refractivity contribution in [3.8, 4) is 5.75 Å². The molecule has 0 aliphatic carbocycles. The van der Waals surface area contributed by atoms with E-state index < -0.39 is 9.59 Å². The average Bonchev–Trinajstić information content (AvgIpc) is 2.82. The van der Waals surface area contributed by atoms with Crippen LogP contribution in [0.25, 0.3) is 0 Å². The van der Waals surface area contributed by atoms with Gasteiger partial charge in [-0.3, -0.25) is 10.1 Å². The standard InChI is InChI=1S/C13H10NO3PS3/c15-14(16)11-7-5-10(6-8-11)9-20-18(19)17-12-3-1-2-4-13(12)21-18/h1-8H,9H2. The van der Waals surface area contributed by atoms with Crippen molar-refractivity contribution in [2.45, 2.75) is 10.6 Å². The van der Waals surface area contributed by atoms with Crippen LogP contribution in [0.4, 0.5) is 5.69 Å². The molecule has 0 amide bonds. The van der Waals surface area contributed by atoms with Crippen LogP contribution in [0.1, 0.15) is 5.56 Å². The van der Waals surface area contributed by atoms with Gasteiger partial charge in [-0.25, -0.2) is 0 Å². The first-order valence-electron chi connectivity index (χ1n) is 6.02. The van der Waals surface area contributed by atoms with Gasteiger partial charge in [-0.1, -0.05) is 35.6 Å². The number of nitro benzene ring substituents is 1. The fourth-order valence-electron chi connectivity index (χ4n) is 1.78. The molecule has 21 heavy (non-hydrogen) atoms. The number of hydrogen-bond donors (Lipinski definition) is 0. The number of fused-ring (bicyclic) bond motifs is 1. The zero-order valence-corrected chi connectivity index (χ0v) is 14.0. The Balaban J connectivity index is 1.66. The molecule has 0 fully saturated rings. The molecule has 2 aromatic rings. The van der Waals surface area contributed by atoms with E-state index in [4.69, 9.17) is 16.3 Å². The smallest absolute Gasteiger partial charge is 0.269 e. The number of non-ortho nitro benzene ring substituents is 1. The van der Waals surface area contributed by atoms with Gasteiger partial charge in [0.25, 0.3) is 5.69 Å². The Labute approximate surface area is 135 Å². The van der Waals surface area contributed by atoms with Crippen LogP contribution in [0.2, 0.25) is 0 Å². The lowest BCUT2D eigenvalue weighted by Gasteiger charge is -2.13. The van der Waals surface area contributed by atoms with Gasteiger partial charge in [0, 0.05) is 17.9 Å². The minimum absolute atomic E-state index is 0.102. The molecule has 0 saturated heterocycles. The van der Waals surface area contributed by atoms with E-state index in [2.05, 4.69) is 0 Å². The molecule has 0 radical (unpaired) electrons. The highest BCUT2D eigenvalue weighted by molar-refractivity contribution is 8.99. The lowest BCUT2D eigenvalue weighted by atomic mass is 10.2. The maximum Gasteiger partial charge on any atom is 0.269 e. The van der Waals surface area contributed by atoms with Crippen molar-refractivity contribution in [3.05, 3.63) is 64.2 Å². The van der Waals surface area contributed by atoms with Crippen LogP contribution < -0.4 is 4.52 Å². The fraction of sp³-hybridized carbons (Fsp3) is 0.0769. The number of para-hydroxylation sites is 1. The fourth-order valence-corrected chi connectivity index (χ4v) is 9.58. The van der Waals surface area contributed by atoms with Gasteiger partial charge in [0.1, 0.15) is 5.75 Å². The topological polar surface area (TPSA) is 52.4 Å². The molecule has 3 rings (SSSR count). The highest BCUT2D eigenvalue weighted by Crippen LogP contribution is 2.77. The van der Waals surface area contributed by atoms with Crippen LogP contribution in [-0.4, -0.2) is 4.92 Å². The van der Waals surface area contributed by atoms with E-state index in [1.54, 1.807) is 34.9 Å². The third-order valence-electron chi connectivity index (χ3n) is 2.81. The van der Waals surface area contributed by atoms with Crippen molar-refractivity contribution in [3.63, 3.8) is 0 Å².